The van der Waals surface area contributed by atoms with Crippen LogP contribution >= 0.6 is 0 Å². The zero-order chi connectivity index (χ0) is 26.5. The Morgan fingerprint density at radius 3 is 2.22 bits per heavy atom. The van der Waals surface area contributed by atoms with Crippen molar-refractivity contribution in [2.75, 3.05) is 24.7 Å². The lowest BCUT2D eigenvalue weighted by Crippen LogP contribution is -2.42. The molecule has 0 aromatic heterocycles. The molecule has 9 nitrogen and oxygen atoms in total. The van der Waals surface area contributed by atoms with E-state index in [2.05, 4.69) is 5.32 Å². The summed E-state index contributed by atoms with van der Waals surface area (Å²) in [7, 11) is 0. The van der Waals surface area contributed by atoms with Gasteiger partial charge in [0, 0.05) is 24.2 Å². The molecule has 0 bridgehead atoms. The van der Waals surface area contributed by atoms with Gasteiger partial charge in [-0.1, -0.05) is 30.3 Å². The van der Waals surface area contributed by atoms with Crippen LogP contribution in [-0.4, -0.2) is 49.7 Å². The average molecular weight is 499 g/mol. The molecule has 2 rings (SSSR count). The third-order valence-electron chi connectivity index (χ3n) is 5.31. The SMILES string of the molecule is CCOC(=O)CCC(NC(=O)c1ccc(N(CC)C(=O)OCc2ccccc2)c(C)c1)C(=O)OCC. The highest BCUT2D eigenvalue weighted by molar-refractivity contribution is 5.98. The second-order valence-corrected chi connectivity index (χ2v) is 7.91. The fraction of sp³-hybridized carbons (Fsp3) is 0.407. The fourth-order valence-corrected chi connectivity index (χ4v) is 3.52. The molecular weight excluding hydrogens is 464 g/mol. The number of rotatable bonds is 12. The predicted molar refractivity (Wildman–Crippen MR) is 135 cm³/mol. The Hall–Kier alpha value is -3.88. The second kappa shape index (κ2) is 14.5. The number of ether oxygens (including phenoxy) is 3. The molecule has 0 saturated carbocycles. The van der Waals surface area contributed by atoms with Crippen LogP contribution in [0.15, 0.2) is 48.5 Å². The average Bonchev–Trinajstić information content (AvgIpc) is 2.87. The Bertz CT molecular complexity index is 1040. The van der Waals surface area contributed by atoms with E-state index >= 15 is 0 Å². The maximum absolute atomic E-state index is 12.9. The van der Waals surface area contributed by atoms with Gasteiger partial charge in [-0.05, 0) is 63.4 Å². The zero-order valence-corrected chi connectivity index (χ0v) is 21.2. The number of carbonyl (C=O) groups is 4. The van der Waals surface area contributed by atoms with Crippen LogP contribution in [0, 0.1) is 6.92 Å². The number of amides is 2. The summed E-state index contributed by atoms with van der Waals surface area (Å²) in [6.07, 6.45) is -0.480. The van der Waals surface area contributed by atoms with Crippen LogP contribution in [0.2, 0.25) is 0 Å². The lowest BCUT2D eigenvalue weighted by Gasteiger charge is -2.23. The third-order valence-corrected chi connectivity index (χ3v) is 5.31. The normalized spacial score (nSPS) is 11.2. The molecule has 1 N–H and O–H groups in total. The molecule has 0 radical (unpaired) electrons. The Labute approximate surface area is 211 Å². The summed E-state index contributed by atoms with van der Waals surface area (Å²) in [5.74, 6) is -1.58. The number of hydrogen-bond donors (Lipinski definition) is 1. The van der Waals surface area contributed by atoms with E-state index in [0.29, 0.717) is 23.4 Å². The van der Waals surface area contributed by atoms with Gasteiger partial charge in [0.15, 0.2) is 0 Å². The highest BCUT2D eigenvalue weighted by Gasteiger charge is 2.25. The van der Waals surface area contributed by atoms with Gasteiger partial charge >= 0.3 is 18.0 Å². The largest absolute Gasteiger partial charge is 0.466 e. The minimum absolute atomic E-state index is 0.0356. The van der Waals surface area contributed by atoms with E-state index in [0.717, 1.165) is 5.56 Å². The number of nitrogens with one attached hydrogen (secondary N) is 1. The van der Waals surface area contributed by atoms with Crippen molar-refractivity contribution in [2.24, 2.45) is 0 Å². The van der Waals surface area contributed by atoms with Gasteiger partial charge < -0.3 is 19.5 Å². The molecule has 0 fully saturated rings. The molecule has 1 unspecified atom stereocenters. The maximum Gasteiger partial charge on any atom is 0.414 e. The summed E-state index contributed by atoms with van der Waals surface area (Å²) in [4.78, 5) is 51.1. The second-order valence-electron chi connectivity index (χ2n) is 7.91. The Kier molecular flexibility index (Phi) is 11.4. The number of benzene rings is 2. The first kappa shape index (κ1) is 28.4. The Balaban J connectivity index is 2.10. The van der Waals surface area contributed by atoms with Gasteiger partial charge in [0.1, 0.15) is 12.6 Å². The van der Waals surface area contributed by atoms with Gasteiger partial charge in [0.05, 0.1) is 13.2 Å². The molecule has 2 aromatic carbocycles. The van der Waals surface area contributed by atoms with E-state index in [1.807, 2.05) is 37.3 Å². The molecular formula is C27H34N2O7. The molecule has 0 aliphatic carbocycles. The Morgan fingerprint density at radius 2 is 1.61 bits per heavy atom. The summed E-state index contributed by atoms with van der Waals surface area (Å²) in [6.45, 7) is 7.86. The van der Waals surface area contributed by atoms with Crippen LogP contribution in [0.5, 0.6) is 0 Å². The maximum atomic E-state index is 12.9. The molecule has 36 heavy (non-hydrogen) atoms. The highest BCUT2D eigenvalue weighted by atomic mass is 16.6. The van der Waals surface area contributed by atoms with Gasteiger partial charge in [-0.2, -0.15) is 0 Å². The van der Waals surface area contributed by atoms with E-state index in [1.165, 1.54) is 4.90 Å². The lowest BCUT2D eigenvalue weighted by molar-refractivity contribution is -0.146. The fourth-order valence-electron chi connectivity index (χ4n) is 3.52. The smallest absolute Gasteiger partial charge is 0.414 e. The van der Waals surface area contributed by atoms with Crippen molar-refractivity contribution in [2.45, 2.75) is 53.2 Å². The summed E-state index contributed by atoms with van der Waals surface area (Å²) < 4.78 is 15.4. The van der Waals surface area contributed by atoms with E-state index in [9.17, 15) is 19.2 Å². The lowest BCUT2D eigenvalue weighted by atomic mass is 10.1. The van der Waals surface area contributed by atoms with E-state index in [-0.39, 0.29) is 32.7 Å². The zero-order valence-electron chi connectivity index (χ0n) is 21.2. The number of nitrogens with zero attached hydrogens (tertiary/aromatic N) is 1. The van der Waals surface area contributed by atoms with Crippen molar-refractivity contribution in [1.82, 2.24) is 5.32 Å². The van der Waals surface area contributed by atoms with Gasteiger partial charge in [0.25, 0.3) is 5.91 Å². The Morgan fingerprint density at radius 1 is 0.917 bits per heavy atom. The number of hydrogen-bond acceptors (Lipinski definition) is 7. The first-order chi connectivity index (χ1) is 17.3. The van der Waals surface area contributed by atoms with E-state index in [1.54, 1.807) is 39.0 Å². The van der Waals surface area contributed by atoms with Crippen molar-refractivity contribution in [3.63, 3.8) is 0 Å². The minimum Gasteiger partial charge on any atom is -0.466 e. The molecule has 0 aliphatic rings. The summed E-state index contributed by atoms with van der Waals surface area (Å²) >= 11 is 0. The molecule has 2 aromatic rings. The molecule has 0 spiro atoms. The van der Waals surface area contributed by atoms with Gasteiger partial charge in [-0.15, -0.1) is 0 Å². The van der Waals surface area contributed by atoms with Gasteiger partial charge in [-0.3, -0.25) is 14.5 Å². The predicted octanol–water partition coefficient (Wildman–Crippen LogP) is 4.16. The standard InChI is InChI=1S/C27H34N2O7/c1-5-29(27(33)36-18-20-11-9-8-10-12-20)23-15-13-21(17-19(23)4)25(31)28-22(26(32)35-7-3)14-16-24(30)34-6-2/h8-13,15,17,22H,5-7,14,16,18H2,1-4H3,(H,28,31). The first-order valence-corrected chi connectivity index (χ1v) is 12.0. The van der Waals surface area contributed by atoms with Crippen LogP contribution in [0.1, 0.15) is 55.1 Å². The van der Waals surface area contributed by atoms with Crippen molar-refractivity contribution in [3.8, 4) is 0 Å². The summed E-state index contributed by atoms with van der Waals surface area (Å²) in [6, 6.07) is 13.2. The molecule has 1 atom stereocenters. The minimum atomic E-state index is -0.998. The van der Waals surface area contributed by atoms with Crippen LogP contribution in [-0.2, 0) is 30.4 Å². The van der Waals surface area contributed by atoms with Crippen molar-refractivity contribution >= 4 is 29.6 Å². The third kappa shape index (κ3) is 8.41. The molecule has 194 valence electrons. The van der Waals surface area contributed by atoms with Crippen molar-refractivity contribution in [3.05, 3.63) is 65.2 Å². The van der Waals surface area contributed by atoms with Crippen LogP contribution in [0.4, 0.5) is 10.5 Å². The van der Waals surface area contributed by atoms with Gasteiger partial charge in [-0.25, -0.2) is 9.59 Å². The van der Waals surface area contributed by atoms with Crippen LogP contribution in [0.3, 0.4) is 0 Å². The van der Waals surface area contributed by atoms with Crippen LogP contribution < -0.4 is 10.2 Å². The van der Waals surface area contributed by atoms with E-state index in [4.69, 9.17) is 14.2 Å². The molecule has 0 heterocycles. The quantitative estimate of drug-likeness (QED) is 0.345. The molecule has 2 amide bonds. The molecule has 9 heteroatoms. The van der Waals surface area contributed by atoms with Crippen LogP contribution in [0.25, 0.3) is 0 Å². The molecule has 0 aliphatic heterocycles. The van der Waals surface area contributed by atoms with Crippen molar-refractivity contribution in [1.29, 1.82) is 0 Å². The highest BCUT2D eigenvalue weighted by Crippen LogP contribution is 2.23. The monoisotopic (exact) mass is 498 g/mol. The summed E-state index contributed by atoms with van der Waals surface area (Å²) in [5, 5.41) is 2.64. The number of carbonyl (C=O) groups excluding carboxylic acids is 4. The summed E-state index contributed by atoms with van der Waals surface area (Å²) in [5.41, 5.74) is 2.47. The van der Waals surface area contributed by atoms with Crippen molar-refractivity contribution < 1.29 is 33.4 Å². The number of aryl methyl sites for hydroxylation is 1. The number of anilines is 1. The van der Waals surface area contributed by atoms with Gasteiger partial charge in [0.2, 0.25) is 0 Å². The first-order valence-electron chi connectivity index (χ1n) is 12.0. The number of esters is 2. The van der Waals surface area contributed by atoms with E-state index < -0.39 is 30.0 Å². The molecule has 0 saturated heterocycles. The topological polar surface area (TPSA) is 111 Å².